The maximum atomic E-state index is 12.8. The van der Waals surface area contributed by atoms with E-state index >= 15 is 0 Å². The monoisotopic (exact) mass is 377 g/mol. The van der Waals surface area contributed by atoms with E-state index in [0.29, 0.717) is 17.1 Å². The predicted molar refractivity (Wildman–Crippen MR) is 93.2 cm³/mol. The van der Waals surface area contributed by atoms with E-state index < -0.39 is 35.4 Å². The second-order valence-electron chi connectivity index (χ2n) is 6.49. The van der Waals surface area contributed by atoms with Gasteiger partial charge < -0.3 is 23.7 Å². The van der Waals surface area contributed by atoms with Crippen molar-refractivity contribution >= 4 is 18.2 Å². The van der Waals surface area contributed by atoms with Gasteiger partial charge in [0.2, 0.25) is 12.3 Å². The van der Waals surface area contributed by atoms with Crippen molar-refractivity contribution in [3.05, 3.63) is 23.8 Å². The Hall–Kier alpha value is -2.61. The first-order valence-electron chi connectivity index (χ1n) is 8.96. The van der Waals surface area contributed by atoms with Crippen LogP contribution in [-0.4, -0.2) is 43.8 Å². The van der Waals surface area contributed by atoms with Gasteiger partial charge >= 0.3 is 11.9 Å². The number of carbonyl (C=O) groups excluding carboxylic acids is 3. The fourth-order valence-corrected chi connectivity index (χ4v) is 3.72. The Morgan fingerprint density at radius 1 is 1.19 bits per heavy atom. The molecule has 0 bridgehead atoms. The van der Waals surface area contributed by atoms with Crippen LogP contribution in [0.15, 0.2) is 18.2 Å². The minimum absolute atomic E-state index is 0.106. The van der Waals surface area contributed by atoms with Gasteiger partial charge in [-0.05, 0) is 31.5 Å². The Balaban J connectivity index is 2.02. The molecule has 8 nitrogen and oxygen atoms in total. The molecule has 0 aliphatic carbocycles. The molecule has 8 heteroatoms. The van der Waals surface area contributed by atoms with Gasteiger partial charge in [0.15, 0.2) is 11.5 Å². The molecule has 1 N–H and O–H groups in total. The molecule has 1 fully saturated rings. The van der Waals surface area contributed by atoms with E-state index in [9.17, 15) is 14.4 Å². The Morgan fingerprint density at radius 3 is 2.41 bits per heavy atom. The largest absolute Gasteiger partial charge is 0.464 e. The standard InChI is InChI=1S/C19H23NO7/c1-4-24-17(22)19(18(23)25-5-2)11(3)13(9-21)16(20-19)12-6-7-14-15(8-12)27-10-26-14/h6-9,11,13,16,20H,4-5,10H2,1-3H3/t11-,13-,16-/m1/s1. The van der Waals surface area contributed by atoms with Crippen molar-refractivity contribution in [2.45, 2.75) is 32.4 Å². The smallest absolute Gasteiger partial charge is 0.338 e. The molecule has 2 heterocycles. The van der Waals surface area contributed by atoms with Crippen LogP contribution in [-0.2, 0) is 23.9 Å². The third-order valence-electron chi connectivity index (χ3n) is 5.14. The minimum atomic E-state index is -1.75. The van der Waals surface area contributed by atoms with Gasteiger partial charge in [-0.25, -0.2) is 9.59 Å². The number of ether oxygens (including phenoxy) is 4. The highest BCUT2D eigenvalue weighted by atomic mass is 16.7. The molecular weight excluding hydrogens is 354 g/mol. The van der Waals surface area contributed by atoms with E-state index in [4.69, 9.17) is 18.9 Å². The molecule has 1 aromatic rings. The molecule has 0 unspecified atom stereocenters. The van der Waals surface area contributed by atoms with Crippen molar-refractivity contribution in [2.24, 2.45) is 11.8 Å². The van der Waals surface area contributed by atoms with Gasteiger partial charge in [-0.15, -0.1) is 0 Å². The number of nitrogens with one attached hydrogen (secondary N) is 1. The van der Waals surface area contributed by atoms with Crippen LogP contribution in [0.3, 0.4) is 0 Å². The number of fused-ring (bicyclic) bond motifs is 1. The van der Waals surface area contributed by atoms with Gasteiger partial charge in [-0.3, -0.25) is 5.32 Å². The highest BCUT2D eigenvalue weighted by Crippen LogP contribution is 2.45. The Bertz CT molecular complexity index is 730. The molecule has 2 aliphatic rings. The van der Waals surface area contributed by atoms with Gasteiger partial charge in [0.25, 0.3) is 0 Å². The SMILES string of the molecule is CCOC(=O)C1(C(=O)OCC)N[C@H](c2ccc3c(c2)OCO3)[C@H](C=O)[C@H]1C. The Labute approximate surface area is 157 Å². The summed E-state index contributed by atoms with van der Waals surface area (Å²) in [7, 11) is 0. The molecule has 0 spiro atoms. The lowest BCUT2D eigenvalue weighted by Crippen LogP contribution is -2.60. The van der Waals surface area contributed by atoms with Crippen molar-refractivity contribution in [1.29, 1.82) is 0 Å². The molecule has 0 aromatic heterocycles. The topological polar surface area (TPSA) is 100 Å². The first-order valence-corrected chi connectivity index (χ1v) is 8.96. The van der Waals surface area contributed by atoms with Crippen LogP contribution >= 0.6 is 0 Å². The van der Waals surface area contributed by atoms with E-state index in [1.54, 1.807) is 39.0 Å². The average molecular weight is 377 g/mol. The van der Waals surface area contributed by atoms with Crippen LogP contribution in [0.25, 0.3) is 0 Å². The van der Waals surface area contributed by atoms with E-state index in [1.165, 1.54) is 0 Å². The van der Waals surface area contributed by atoms with Gasteiger partial charge in [-0.2, -0.15) is 0 Å². The van der Waals surface area contributed by atoms with Crippen molar-refractivity contribution in [3.63, 3.8) is 0 Å². The van der Waals surface area contributed by atoms with Crippen LogP contribution in [0.2, 0.25) is 0 Å². The third kappa shape index (κ3) is 3.03. The summed E-state index contributed by atoms with van der Waals surface area (Å²) in [6, 6.07) is 4.68. The Kier molecular flexibility index (Phi) is 5.36. The summed E-state index contributed by atoms with van der Waals surface area (Å²) in [6.45, 7) is 5.32. The normalized spacial score (nSPS) is 25.1. The predicted octanol–water partition coefficient (Wildman–Crippen LogP) is 1.38. The average Bonchev–Trinajstić information content (AvgIpc) is 3.24. The summed E-state index contributed by atoms with van der Waals surface area (Å²) in [6.07, 6.45) is 0.757. The van der Waals surface area contributed by atoms with Crippen LogP contribution in [0.4, 0.5) is 0 Å². The van der Waals surface area contributed by atoms with E-state index in [2.05, 4.69) is 5.32 Å². The summed E-state index contributed by atoms with van der Waals surface area (Å²) >= 11 is 0. The molecule has 2 aliphatic heterocycles. The maximum absolute atomic E-state index is 12.8. The zero-order chi connectivity index (χ0) is 19.6. The van der Waals surface area contributed by atoms with E-state index in [-0.39, 0.29) is 20.0 Å². The lowest BCUT2D eigenvalue weighted by atomic mass is 9.79. The van der Waals surface area contributed by atoms with Gasteiger partial charge in [-0.1, -0.05) is 13.0 Å². The highest BCUT2D eigenvalue weighted by Gasteiger charge is 2.62. The summed E-state index contributed by atoms with van der Waals surface area (Å²) < 4.78 is 21.0. The molecule has 27 heavy (non-hydrogen) atoms. The number of esters is 2. The second-order valence-corrected chi connectivity index (χ2v) is 6.49. The third-order valence-corrected chi connectivity index (χ3v) is 5.14. The lowest BCUT2D eigenvalue weighted by Gasteiger charge is -2.29. The zero-order valence-electron chi connectivity index (χ0n) is 15.5. The summed E-state index contributed by atoms with van der Waals surface area (Å²) in [5.74, 6) is -1.63. The summed E-state index contributed by atoms with van der Waals surface area (Å²) in [5, 5.41) is 3.06. The zero-order valence-corrected chi connectivity index (χ0v) is 15.5. The summed E-state index contributed by atoms with van der Waals surface area (Å²) in [4.78, 5) is 37.4. The molecule has 3 rings (SSSR count). The quantitative estimate of drug-likeness (QED) is 0.451. The molecule has 1 saturated heterocycles. The molecular formula is C19H23NO7. The first-order chi connectivity index (χ1) is 13.0. The molecule has 0 amide bonds. The summed E-state index contributed by atoms with van der Waals surface area (Å²) in [5.41, 5.74) is -1.04. The highest BCUT2D eigenvalue weighted by molar-refractivity contribution is 6.06. The number of rotatable bonds is 6. The van der Waals surface area contributed by atoms with Crippen LogP contribution in [0.5, 0.6) is 11.5 Å². The van der Waals surface area contributed by atoms with Crippen molar-refractivity contribution in [2.75, 3.05) is 20.0 Å². The maximum Gasteiger partial charge on any atom is 0.338 e. The van der Waals surface area contributed by atoms with Gasteiger partial charge in [0, 0.05) is 17.9 Å². The minimum Gasteiger partial charge on any atom is -0.464 e. The number of benzene rings is 1. The number of aldehydes is 1. The molecule has 3 atom stereocenters. The second kappa shape index (κ2) is 7.56. The van der Waals surface area contributed by atoms with Crippen molar-refractivity contribution in [1.82, 2.24) is 5.32 Å². The van der Waals surface area contributed by atoms with Crippen LogP contribution in [0.1, 0.15) is 32.4 Å². The van der Waals surface area contributed by atoms with Crippen LogP contribution < -0.4 is 14.8 Å². The van der Waals surface area contributed by atoms with Crippen LogP contribution in [0, 0.1) is 11.8 Å². The van der Waals surface area contributed by atoms with Gasteiger partial charge in [0.05, 0.1) is 13.2 Å². The molecule has 0 saturated carbocycles. The molecule has 146 valence electrons. The van der Waals surface area contributed by atoms with Gasteiger partial charge in [0.1, 0.15) is 6.29 Å². The van der Waals surface area contributed by atoms with Crippen molar-refractivity contribution < 1.29 is 33.3 Å². The number of hydrogen-bond donors (Lipinski definition) is 1. The van der Waals surface area contributed by atoms with Crippen molar-refractivity contribution in [3.8, 4) is 11.5 Å². The number of carbonyl (C=O) groups is 3. The van der Waals surface area contributed by atoms with E-state index in [1.807, 2.05) is 0 Å². The molecule has 0 radical (unpaired) electrons. The van der Waals surface area contributed by atoms with E-state index in [0.717, 1.165) is 6.29 Å². The Morgan fingerprint density at radius 2 is 1.81 bits per heavy atom. The lowest BCUT2D eigenvalue weighted by molar-refractivity contribution is -0.168. The number of hydrogen-bond acceptors (Lipinski definition) is 8. The molecule has 1 aromatic carbocycles. The first kappa shape index (κ1) is 19.2. The fourth-order valence-electron chi connectivity index (χ4n) is 3.72. The fraction of sp³-hybridized carbons (Fsp3) is 0.526.